The van der Waals surface area contributed by atoms with E-state index < -0.39 is 11.4 Å². The van der Waals surface area contributed by atoms with Gasteiger partial charge in [0.15, 0.2) is 0 Å². The van der Waals surface area contributed by atoms with Crippen LogP contribution in [0.25, 0.3) is 0 Å². The van der Waals surface area contributed by atoms with E-state index in [-0.39, 0.29) is 5.56 Å². The number of rotatable bonds is 2. The Labute approximate surface area is 81.0 Å². The van der Waals surface area contributed by atoms with Gasteiger partial charge in [-0.05, 0) is 19.4 Å². The van der Waals surface area contributed by atoms with Crippen LogP contribution in [-0.4, -0.2) is 20.9 Å². The van der Waals surface area contributed by atoms with Gasteiger partial charge in [0.1, 0.15) is 0 Å². The zero-order chi connectivity index (χ0) is 10.9. The predicted molar refractivity (Wildman–Crippen MR) is 50.1 cm³/mol. The van der Waals surface area contributed by atoms with Gasteiger partial charge < -0.3 is 5.11 Å². The summed E-state index contributed by atoms with van der Waals surface area (Å²) in [5.41, 5.74) is -0.981. The van der Waals surface area contributed by atoms with Crippen LogP contribution in [0.3, 0.4) is 0 Å². The number of hydrogen-bond acceptors (Lipinski definition) is 3. The molecule has 0 fully saturated rings. The van der Waals surface area contributed by atoms with E-state index in [1.165, 1.54) is 33.2 Å². The average Bonchev–Trinajstić information content (AvgIpc) is 2.09. The summed E-state index contributed by atoms with van der Waals surface area (Å²) in [5, 5.41) is 12.7. The van der Waals surface area contributed by atoms with Crippen LogP contribution in [0, 0.1) is 0 Å². The molecule has 0 bridgehead atoms. The highest BCUT2D eigenvalue weighted by Gasteiger charge is 2.30. The molecular weight excluding hydrogens is 184 g/mol. The number of aryl methyl sites for hydroxylation is 1. The second-order valence-corrected chi connectivity index (χ2v) is 3.64. The summed E-state index contributed by atoms with van der Waals surface area (Å²) in [7, 11) is 1.51. The molecule has 0 saturated heterocycles. The average molecular weight is 196 g/mol. The first-order valence-corrected chi connectivity index (χ1v) is 4.13. The molecule has 1 N–H and O–H groups in total. The molecule has 5 heteroatoms. The van der Waals surface area contributed by atoms with Gasteiger partial charge in [-0.2, -0.15) is 5.10 Å². The van der Waals surface area contributed by atoms with Crippen LogP contribution in [0.15, 0.2) is 17.1 Å². The van der Waals surface area contributed by atoms with Gasteiger partial charge in [0.25, 0.3) is 5.56 Å². The Hall–Kier alpha value is -1.65. The monoisotopic (exact) mass is 196 g/mol. The highest BCUT2D eigenvalue weighted by Crippen LogP contribution is 2.20. The van der Waals surface area contributed by atoms with Crippen molar-refractivity contribution in [1.29, 1.82) is 0 Å². The van der Waals surface area contributed by atoms with Gasteiger partial charge in [-0.15, -0.1) is 0 Å². The van der Waals surface area contributed by atoms with Gasteiger partial charge in [0, 0.05) is 13.1 Å². The summed E-state index contributed by atoms with van der Waals surface area (Å²) >= 11 is 0. The SMILES string of the molecule is Cn1ncc(C(C)(C)C(=O)O)cc1=O. The zero-order valence-corrected chi connectivity index (χ0v) is 8.31. The third-order valence-electron chi connectivity index (χ3n) is 2.22. The number of hydrogen-bond donors (Lipinski definition) is 1. The lowest BCUT2D eigenvalue weighted by Crippen LogP contribution is -2.31. The molecule has 1 rings (SSSR count). The Morgan fingerprint density at radius 2 is 2.14 bits per heavy atom. The fourth-order valence-corrected chi connectivity index (χ4v) is 0.935. The molecule has 0 radical (unpaired) electrons. The lowest BCUT2D eigenvalue weighted by Gasteiger charge is -2.18. The van der Waals surface area contributed by atoms with Crippen molar-refractivity contribution in [1.82, 2.24) is 9.78 Å². The summed E-state index contributed by atoms with van der Waals surface area (Å²) in [6.07, 6.45) is 1.40. The van der Waals surface area contributed by atoms with Gasteiger partial charge in [-0.1, -0.05) is 0 Å². The summed E-state index contributed by atoms with van der Waals surface area (Å²) in [6, 6.07) is 1.29. The largest absolute Gasteiger partial charge is 0.481 e. The standard InChI is InChI=1S/C9H12N2O3/c1-9(2,8(13)14)6-4-7(12)11(3)10-5-6/h4-5H,1-3H3,(H,13,14). The first-order valence-electron chi connectivity index (χ1n) is 4.13. The van der Waals surface area contributed by atoms with Crippen LogP contribution in [0.1, 0.15) is 19.4 Å². The molecule has 0 amide bonds. The second kappa shape index (κ2) is 3.25. The molecule has 1 aromatic heterocycles. The molecule has 0 atom stereocenters. The van der Waals surface area contributed by atoms with Gasteiger partial charge in [-0.3, -0.25) is 9.59 Å². The summed E-state index contributed by atoms with van der Waals surface area (Å²) in [4.78, 5) is 22.1. The van der Waals surface area contributed by atoms with E-state index in [1.54, 1.807) is 0 Å². The molecule has 14 heavy (non-hydrogen) atoms. The predicted octanol–water partition coefficient (Wildman–Crippen LogP) is 0.143. The van der Waals surface area contributed by atoms with E-state index in [4.69, 9.17) is 5.11 Å². The summed E-state index contributed by atoms with van der Waals surface area (Å²) in [6.45, 7) is 3.07. The van der Waals surface area contributed by atoms with E-state index in [0.717, 1.165) is 4.68 Å². The fourth-order valence-electron chi connectivity index (χ4n) is 0.935. The maximum atomic E-state index is 11.2. The van der Waals surface area contributed by atoms with Crippen molar-refractivity contribution in [2.24, 2.45) is 7.05 Å². The van der Waals surface area contributed by atoms with Crippen molar-refractivity contribution >= 4 is 5.97 Å². The van der Waals surface area contributed by atoms with E-state index >= 15 is 0 Å². The van der Waals surface area contributed by atoms with Crippen molar-refractivity contribution in [3.63, 3.8) is 0 Å². The fraction of sp³-hybridized carbons (Fsp3) is 0.444. The molecule has 76 valence electrons. The van der Waals surface area contributed by atoms with Crippen molar-refractivity contribution in [3.8, 4) is 0 Å². The van der Waals surface area contributed by atoms with Crippen LogP contribution in [-0.2, 0) is 17.3 Å². The van der Waals surface area contributed by atoms with Crippen LogP contribution < -0.4 is 5.56 Å². The number of aromatic nitrogens is 2. The van der Waals surface area contributed by atoms with E-state index in [9.17, 15) is 9.59 Å². The number of aliphatic carboxylic acids is 1. The Morgan fingerprint density at radius 1 is 1.57 bits per heavy atom. The van der Waals surface area contributed by atoms with Crippen LogP contribution in [0.2, 0.25) is 0 Å². The number of carbonyl (C=O) groups is 1. The molecular formula is C9H12N2O3. The van der Waals surface area contributed by atoms with Gasteiger partial charge in [0.2, 0.25) is 0 Å². The van der Waals surface area contributed by atoms with Crippen molar-refractivity contribution in [2.45, 2.75) is 19.3 Å². The molecule has 0 spiro atoms. The van der Waals surface area contributed by atoms with Crippen LogP contribution in [0.4, 0.5) is 0 Å². The third-order valence-corrected chi connectivity index (χ3v) is 2.22. The van der Waals surface area contributed by atoms with Crippen molar-refractivity contribution < 1.29 is 9.90 Å². The number of carboxylic acids is 1. The van der Waals surface area contributed by atoms with Gasteiger partial charge in [-0.25, -0.2) is 4.68 Å². The maximum Gasteiger partial charge on any atom is 0.313 e. The third kappa shape index (κ3) is 1.66. The van der Waals surface area contributed by atoms with Crippen molar-refractivity contribution in [2.75, 3.05) is 0 Å². The highest BCUT2D eigenvalue weighted by molar-refractivity contribution is 5.79. The van der Waals surface area contributed by atoms with E-state index in [2.05, 4.69) is 5.10 Å². The van der Waals surface area contributed by atoms with Crippen LogP contribution in [0.5, 0.6) is 0 Å². The second-order valence-electron chi connectivity index (χ2n) is 3.64. The topological polar surface area (TPSA) is 72.2 Å². The number of nitrogens with zero attached hydrogens (tertiary/aromatic N) is 2. The molecule has 0 aliphatic carbocycles. The van der Waals surface area contributed by atoms with Crippen LogP contribution >= 0.6 is 0 Å². The Bertz CT molecular complexity index is 420. The first kappa shape index (κ1) is 10.4. The van der Waals surface area contributed by atoms with E-state index in [1.807, 2.05) is 0 Å². The molecule has 0 aliphatic heterocycles. The molecule has 0 saturated carbocycles. The highest BCUT2D eigenvalue weighted by atomic mass is 16.4. The first-order chi connectivity index (χ1) is 6.35. The molecule has 0 aliphatic rings. The molecule has 5 nitrogen and oxygen atoms in total. The lowest BCUT2D eigenvalue weighted by molar-refractivity contribution is -0.142. The quantitative estimate of drug-likeness (QED) is 0.730. The number of carboxylic acid groups (broad SMARTS) is 1. The Balaban J connectivity index is 3.28. The minimum atomic E-state index is -1.08. The zero-order valence-electron chi connectivity index (χ0n) is 8.31. The lowest BCUT2D eigenvalue weighted by atomic mass is 9.86. The van der Waals surface area contributed by atoms with Crippen molar-refractivity contribution in [3.05, 3.63) is 28.2 Å². The Morgan fingerprint density at radius 3 is 2.57 bits per heavy atom. The minimum Gasteiger partial charge on any atom is -0.481 e. The van der Waals surface area contributed by atoms with E-state index in [0.29, 0.717) is 5.56 Å². The molecule has 1 aromatic rings. The summed E-state index contributed by atoms with van der Waals surface area (Å²) in [5.74, 6) is -0.979. The maximum absolute atomic E-state index is 11.2. The smallest absolute Gasteiger partial charge is 0.313 e. The Kier molecular flexibility index (Phi) is 2.42. The normalized spacial score (nSPS) is 11.4. The molecule has 0 aromatic carbocycles. The molecule has 0 unspecified atom stereocenters. The molecule has 1 heterocycles. The minimum absolute atomic E-state index is 0.308. The van der Waals surface area contributed by atoms with Gasteiger partial charge in [0.05, 0.1) is 11.6 Å². The summed E-state index contributed by atoms with van der Waals surface area (Å²) < 4.78 is 1.15. The van der Waals surface area contributed by atoms with Gasteiger partial charge >= 0.3 is 5.97 Å².